The molecule has 2 heterocycles. The van der Waals surface area contributed by atoms with Crippen LogP contribution in [0.25, 0.3) is 11.3 Å². The summed E-state index contributed by atoms with van der Waals surface area (Å²) in [6.07, 6.45) is 3.30. The quantitative estimate of drug-likeness (QED) is 0.638. The van der Waals surface area contributed by atoms with Gasteiger partial charge in [0.15, 0.2) is 0 Å². The normalized spacial score (nSPS) is 11.6. The third-order valence-corrected chi connectivity index (χ3v) is 4.24. The number of hydrogen-bond acceptors (Lipinski definition) is 5. The zero-order valence-electron chi connectivity index (χ0n) is 15.8. The number of nitrogens with one attached hydrogen (secondary N) is 1. The number of carbonyl (C=O) groups is 1. The van der Waals surface area contributed by atoms with Crippen molar-refractivity contribution in [3.05, 3.63) is 76.8 Å². The first-order valence-corrected chi connectivity index (χ1v) is 9.02. The van der Waals surface area contributed by atoms with Gasteiger partial charge >= 0.3 is 0 Å². The molecule has 7 nitrogen and oxygen atoms in total. The summed E-state index contributed by atoms with van der Waals surface area (Å²) in [6, 6.07) is 13.6. The molecule has 3 aromatic rings. The summed E-state index contributed by atoms with van der Waals surface area (Å²) >= 11 is 0. The molecular weight excluding hydrogens is 356 g/mol. The SMILES string of the molecule is Cc1ccc(OCCNC(=O)C(C)n2nc(-c3ccncc3)ccc2=O)cc1. The Balaban J connectivity index is 1.59. The van der Waals surface area contributed by atoms with E-state index in [0.29, 0.717) is 18.8 Å². The highest BCUT2D eigenvalue weighted by Crippen LogP contribution is 2.14. The molecular formula is C21H22N4O3. The predicted molar refractivity (Wildman–Crippen MR) is 106 cm³/mol. The molecule has 0 aliphatic heterocycles. The van der Waals surface area contributed by atoms with Gasteiger partial charge in [-0.05, 0) is 44.2 Å². The van der Waals surface area contributed by atoms with Crippen molar-refractivity contribution in [1.82, 2.24) is 20.1 Å². The Bertz CT molecular complexity index is 985. The lowest BCUT2D eigenvalue weighted by Gasteiger charge is -2.15. The van der Waals surface area contributed by atoms with Crippen LogP contribution in [0.1, 0.15) is 18.5 Å². The number of pyridine rings is 1. The van der Waals surface area contributed by atoms with Gasteiger partial charge in [-0.1, -0.05) is 17.7 Å². The largest absolute Gasteiger partial charge is 0.492 e. The average molecular weight is 378 g/mol. The number of carbonyl (C=O) groups excluding carboxylic acids is 1. The molecule has 2 aromatic heterocycles. The Morgan fingerprint density at radius 2 is 1.82 bits per heavy atom. The Labute approximate surface area is 163 Å². The van der Waals surface area contributed by atoms with Crippen molar-refractivity contribution in [3.63, 3.8) is 0 Å². The molecule has 0 aliphatic rings. The number of rotatable bonds is 7. The average Bonchev–Trinajstić information content (AvgIpc) is 2.73. The lowest BCUT2D eigenvalue weighted by molar-refractivity contribution is -0.124. The number of benzene rings is 1. The van der Waals surface area contributed by atoms with E-state index in [1.807, 2.05) is 31.2 Å². The van der Waals surface area contributed by atoms with Gasteiger partial charge < -0.3 is 10.1 Å². The zero-order valence-corrected chi connectivity index (χ0v) is 15.8. The highest BCUT2D eigenvalue weighted by Gasteiger charge is 2.17. The molecule has 144 valence electrons. The molecule has 1 unspecified atom stereocenters. The van der Waals surface area contributed by atoms with E-state index in [-0.39, 0.29) is 11.5 Å². The summed E-state index contributed by atoms with van der Waals surface area (Å²) in [7, 11) is 0. The highest BCUT2D eigenvalue weighted by atomic mass is 16.5. The van der Waals surface area contributed by atoms with Gasteiger partial charge in [-0.3, -0.25) is 14.6 Å². The van der Waals surface area contributed by atoms with Gasteiger partial charge in [0.25, 0.3) is 5.56 Å². The number of amides is 1. The summed E-state index contributed by atoms with van der Waals surface area (Å²) in [4.78, 5) is 28.6. The van der Waals surface area contributed by atoms with Crippen molar-refractivity contribution in [2.24, 2.45) is 0 Å². The first kappa shape index (κ1) is 19.3. The van der Waals surface area contributed by atoms with Crippen molar-refractivity contribution >= 4 is 5.91 Å². The van der Waals surface area contributed by atoms with Crippen LogP contribution in [0.4, 0.5) is 0 Å². The Hall–Kier alpha value is -3.48. The Morgan fingerprint density at radius 3 is 2.54 bits per heavy atom. The minimum atomic E-state index is -0.742. The van der Waals surface area contributed by atoms with Gasteiger partial charge in [-0.2, -0.15) is 5.10 Å². The molecule has 1 N–H and O–H groups in total. The van der Waals surface area contributed by atoms with E-state index in [9.17, 15) is 9.59 Å². The summed E-state index contributed by atoms with van der Waals surface area (Å²) in [5, 5.41) is 7.11. The third-order valence-electron chi connectivity index (χ3n) is 4.24. The molecule has 1 amide bonds. The maximum atomic E-state index is 12.4. The second-order valence-electron chi connectivity index (χ2n) is 6.37. The molecule has 0 saturated heterocycles. The van der Waals surface area contributed by atoms with Crippen LogP contribution >= 0.6 is 0 Å². The number of ether oxygens (including phenoxy) is 1. The number of hydrogen-bond donors (Lipinski definition) is 1. The second-order valence-corrected chi connectivity index (χ2v) is 6.37. The second kappa shape index (κ2) is 8.94. The molecule has 7 heteroatoms. The Morgan fingerprint density at radius 1 is 1.11 bits per heavy atom. The van der Waals surface area contributed by atoms with E-state index in [4.69, 9.17) is 4.74 Å². The molecule has 0 radical (unpaired) electrons. The number of nitrogens with zero attached hydrogens (tertiary/aromatic N) is 3. The number of aryl methyl sites for hydroxylation is 1. The van der Waals surface area contributed by atoms with Crippen molar-refractivity contribution in [3.8, 4) is 17.0 Å². The van der Waals surface area contributed by atoms with Gasteiger partial charge in [0.05, 0.1) is 12.2 Å². The van der Waals surface area contributed by atoms with Crippen LogP contribution in [-0.2, 0) is 4.79 Å². The van der Waals surface area contributed by atoms with Gasteiger partial charge in [-0.15, -0.1) is 0 Å². The molecule has 1 aromatic carbocycles. The zero-order chi connectivity index (χ0) is 19.9. The number of aromatic nitrogens is 3. The fraction of sp³-hybridized carbons (Fsp3) is 0.238. The standard InChI is InChI=1S/C21H22N4O3/c1-15-3-5-18(6-4-15)28-14-13-23-21(27)16(2)25-20(26)8-7-19(24-25)17-9-11-22-12-10-17/h3-12,16H,13-14H2,1-2H3,(H,23,27). The van der Waals surface area contributed by atoms with E-state index in [1.54, 1.807) is 37.5 Å². The fourth-order valence-corrected chi connectivity index (χ4v) is 2.62. The van der Waals surface area contributed by atoms with Gasteiger partial charge in [0, 0.05) is 24.0 Å². The van der Waals surface area contributed by atoms with Crippen LogP contribution in [0.15, 0.2) is 65.7 Å². The summed E-state index contributed by atoms with van der Waals surface area (Å²) < 4.78 is 6.78. The van der Waals surface area contributed by atoms with E-state index >= 15 is 0 Å². The van der Waals surface area contributed by atoms with E-state index < -0.39 is 6.04 Å². The van der Waals surface area contributed by atoms with Gasteiger partial charge in [0.1, 0.15) is 18.4 Å². The smallest absolute Gasteiger partial charge is 0.267 e. The molecule has 0 saturated carbocycles. The maximum Gasteiger partial charge on any atom is 0.267 e. The van der Waals surface area contributed by atoms with Crippen LogP contribution in [-0.4, -0.2) is 33.8 Å². The first-order valence-electron chi connectivity index (χ1n) is 9.02. The predicted octanol–water partition coefficient (Wildman–Crippen LogP) is 2.37. The molecule has 0 bridgehead atoms. The molecule has 1 atom stereocenters. The summed E-state index contributed by atoms with van der Waals surface area (Å²) in [6.45, 7) is 4.31. The van der Waals surface area contributed by atoms with Crippen molar-refractivity contribution in [2.45, 2.75) is 19.9 Å². The summed E-state index contributed by atoms with van der Waals surface area (Å²) in [5.74, 6) is 0.449. The van der Waals surface area contributed by atoms with E-state index in [2.05, 4.69) is 15.4 Å². The highest BCUT2D eigenvalue weighted by molar-refractivity contribution is 5.79. The molecule has 28 heavy (non-hydrogen) atoms. The fourth-order valence-electron chi connectivity index (χ4n) is 2.62. The van der Waals surface area contributed by atoms with Crippen molar-refractivity contribution in [1.29, 1.82) is 0 Å². The van der Waals surface area contributed by atoms with Crippen LogP contribution in [0.3, 0.4) is 0 Å². The van der Waals surface area contributed by atoms with Crippen LogP contribution in [0.5, 0.6) is 5.75 Å². The molecule has 0 aliphatic carbocycles. The maximum absolute atomic E-state index is 12.4. The van der Waals surface area contributed by atoms with Crippen LogP contribution in [0, 0.1) is 6.92 Å². The third kappa shape index (κ3) is 4.82. The van der Waals surface area contributed by atoms with E-state index in [1.165, 1.54) is 10.7 Å². The first-order chi connectivity index (χ1) is 13.5. The molecule has 0 spiro atoms. The van der Waals surface area contributed by atoms with Gasteiger partial charge in [0.2, 0.25) is 5.91 Å². The monoisotopic (exact) mass is 378 g/mol. The van der Waals surface area contributed by atoms with Crippen molar-refractivity contribution in [2.75, 3.05) is 13.2 Å². The van der Waals surface area contributed by atoms with Crippen LogP contribution in [0.2, 0.25) is 0 Å². The van der Waals surface area contributed by atoms with Gasteiger partial charge in [-0.25, -0.2) is 4.68 Å². The lowest BCUT2D eigenvalue weighted by atomic mass is 10.2. The molecule has 3 rings (SSSR count). The topological polar surface area (TPSA) is 86.1 Å². The lowest BCUT2D eigenvalue weighted by Crippen LogP contribution is -2.38. The van der Waals surface area contributed by atoms with E-state index in [0.717, 1.165) is 16.9 Å². The minimum Gasteiger partial charge on any atom is -0.492 e. The molecule has 0 fully saturated rings. The minimum absolute atomic E-state index is 0.297. The van der Waals surface area contributed by atoms with Crippen LogP contribution < -0.4 is 15.6 Å². The van der Waals surface area contributed by atoms with Crippen molar-refractivity contribution < 1.29 is 9.53 Å². The summed E-state index contributed by atoms with van der Waals surface area (Å²) in [5.41, 5.74) is 2.24. The Kier molecular flexibility index (Phi) is 6.16.